The molecule has 0 aliphatic heterocycles. The summed E-state index contributed by atoms with van der Waals surface area (Å²) in [5, 5.41) is 12.8. The summed E-state index contributed by atoms with van der Waals surface area (Å²) in [5.74, 6) is 0.618. The Morgan fingerprint density at radius 3 is 3.05 bits per heavy atom. The Kier molecular flexibility index (Phi) is 3.39. The maximum absolute atomic E-state index is 12.1. The van der Waals surface area contributed by atoms with Crippen LogP contribution in [0.5, 0.6) is 5.75 Å². The highest BCUT2D eigenvalue weighted by atomic mass is 16.5. The van der Waals surface area contributed by atoms with E-state index in [0.29, 0.717) is 30.0 Å². The molecule has 3 aromatic rings. The Hall–Kier alpha value is -3.07. The molecule has 0 radical (unpaired) electrons. The van der Waals surface area contributed by atoms with Crippen LogP contribution in [-0.4, -0.2) is 20.8 Å². The highest BCUT2D eigenvalue weighted by Crippen LogP contribution is 2.12. The third kappa shape index (κ3) is 2.62. The molecule has 0 bridgehead atoms. The van der Waals surface area contributed by atoms with Crippen molar-refractivity contribution in [2.75, 3.05) is 6.61 Å². The zero-order chi connectivity index (χ0) is 14.7. The van der Waals surface area contributed by atoms with E-state index in [-0.39, 0.29) is 5.56 Å². The Morgan fingerprint density at radius 1 is 1.29 bits per heavy atom. The summed E-state index contributed by atoms with van der Waals surface area (Å²) in [6, 6.07) is 10.7. The number of ether oxygens (including phenoxy) is 1. The minimum absolute atomic E-state index is 0.107. The van der Waals surface area contributed by atoms with Crippen LogP contribution in [0.1, 0.15) is 5.56 Å². The summed E-state index contributed by atoms with van der Waals surface area (Å²) >= 11 is 0. The fourth-order valence-electron chi connectivity index (χ4n) is 2.05. The van der Waals surface area contributed by atoms with E-state index in [9.17, 15) is 4.79 Å². The summed E-state index contributed by atoms with van der Waals surface area (Å²) in [4.78, 5) is 12.1. The summed E-state index contributed by atoms with van der Waals surface area (Å²) in [5.41, 5.74) is 0.971. The van der Waals surface area contributed by atoms with Gasteiger partial charge in [-0.05, 0) is 24.3 Å². The summed E-state index contributed by atoms with van der Waals surface area (Å²) < 4.78 is 8.68. The molecule has 0 spiro atoms. The molecular formula is C15H12N4O2. The Morgan fingerprint density at radius 2 is 2.19 bits per heavy atom. The number of fused-ring (bicyclic) bond motifs is 1. The minimum Gasteiger partial charge on any atom is -0.492 e. The summed E-state index contributed by atoms with van der Waals surface area (Å²) in [7, 11) is 0. The molecule has 0 saturated heterocycles. The maximum Gasteiger partial charge on any atom is 0.276 e. The zero-order valence-electron chi connectivity index (χ0n) is 11.1. The predicted octanol–water partition coefficient (Wildman–Crippen LogP) is 1.45. The molecule has 6 heteroatoms. The first-order chi connectivity index (χ1) is 10.3. The molecular weight excluding hydrogens is 268 g/mol. The SMILES string of the molecule is N#Cc1cccc(OCCn2ccn3nccc3c2=O)c1. The molecule has 1 aromatic carbocycles. The quantitative estimate of drug-likeness (QED) is 0.725. The van der Waals surface area contributed by atoms with E-state index >= 15 is 0 Å². The molecule has 0 aliphatic carbocycles. The van der Waals surface area contributed by atoms with E-state index in [1.807, 2.05) is 0 Å². The molecule has 0 atom stereocenters. The topological polar surface area (TPSA) is 72.3 Å². The van der Waals surface area contributed by atoms with Crippen molar-refractivity contribution < 1.29 is 4.74 Å². The van der Waals surface area contributed by atoms with Gasteiger partial charge in [0.15, 0.2) is 0 Å². The predicted molar refractivity (Wildman–Crippen MR) is 76.1 cm³/mol. The number of rotatable bonds is 4. The standard InChI is InChI=1S/C15H12N4O2/c16-11-12-2-1-3-13(10-12)21-9-8-18-6-7-19-14(15(18)20)4-5-17-19/h1-7,10H,8-9H2. The van der Waals surface area contributed by atoms with Crippen molar-refractivity contribution in [2.45, 2.75) is 6.54 Å². The Balaban J connectivity index is 1.70. The summed E-state index contributed by atoms with van der Waals surface area (Å²) in [6.07, 6.45) is 5.00. The largest absolute Gasteiger partial charge is 0.492 e. The van der Waals surface area contributed by atoms with Gasteiger partial charge in [0.25, 0.3) is 5.56 Å². The van der Waals surface area contributed by atoms with Crippen LogP contribution >= 0.6 is 0 Å². The first kappa shape index (κ1) is 12.9. The highest BCUT2D eigenvalue weighted by molar-refractivity contribution is 5.42. The number of hydrogen-bond acceptors (Lipinski definition) is 4. The molecule has 3 rings (SSSR count). The molecule has 0 aliphatic rings. The van der Waals surface area contributed by atoms with Crippen LogP contribution in [0.3, 0.4) is 0 Å². The molecule has 2 aromatic heterocycles. The molecule has 2 heterocycles. The van der Waals surface area contributed by atoms with Gasteiger partial charge in [-0.15, -0.1) is 0 Å². The van der Waals surface area contributed by atoms with Gasteiger partial charge in [-0.2, -0.15) is 10.4 Å². The van der Waals surface area contributed by atoms with E-state index in [4.69, 9.17) is 10.00 Å². The Bertz CT molecular complexity index is 873. The van der Waals surface area contributed by atoms with Crippen molar-refractivity contribution in [1.82, 2.24) is 14.2 Å². The lowest BCUT2D eigenvalue weighted by molar-refractivity contribution is 0.296. The van der Waals surface area contributed by atoms with Gasteiger partial charge in [0.2, 0.25) is 0 Å². The Labute approximate surface area is 120 Å². The van der Waals surface area contributed by atoms with Gasteiger partial charge in [0, 0.05) is 12.4 Å². The third-order valence-corrected chi connectivity index (χ3v) is 3.10. The van der Waals surface area contributed by atoms with Crippen molar-refractivity contribution in [2.24, 2.45) is 0 Å². The van der Waals surface area contributed by atoms with Crippen LogP contribution in [-0.2, 0) is 6.54 Å². The highest BCUT2D eigenvalue weighted by Gasteiger charge is 2.03. The van der Waals surface area contributed by atoms with E-state index in [1.54, 1.807) is 53.5 Å². The van der Waals surface area contributed by atoms with Crippen LogP contribution in [0.4, 0.5) is 0 Å². The minimum atomic E-state index is -0.107. The number of aromatic nitrogens is 3. The molecule has 0 unspecified atom stereocenters. The second kappa shape index (κ2) is 5.51. The van der Waals surface area contributed by atoms with E-state index in [2.05, 4.69) is 11.2 Å². The van der Waals surface area contributed by atoms with Crippen LogP contribution in [0.2, 0.25) is 0 Å². The molecule has 0 amide bonds. The van der Waals surface area contributed by atoms with Gasteiger partial charge >= 0.3 is 0 Å². The number of nitriles is 1. The summed E-state index contributed by atoms with van der Waals surface area (Å²) in [6.45, 7) is 0.774. The average molecular weight is 280 g/mol. The lowest BCUT2D eigenvalue weighted by Crippen LogP contribution is -2.24. The van der Waals surface area contributed by atoms with Crippen LogP contribution in [0.15, 0.2) is 53.7 Å². The van der Waals surface area contributed by atoms with E-state index in [1.165, 1.54) is 4.52 Å². The van der Waals surface area contributed by atoms with Crippen LogP contribution < -0.4 is 10.3 Å². The zero-order valence-corrected chi connectivity index (χ0v) is 11.1. The normalized spacial score (nSPS) is 10.4. The lowest BCUT2D eigenvalue weighted by atomic mass is 10.2. The number of nitrogens with zero attached hydrogens (tertiary/aromatic N) is 4. The molecule has 0 N–H and O–H groups in total. The van der Waals surface area contributed by atoms with Crippen molar-refractivity contribution >= 4 is 5.52 Å². The number of benzene rings is 1. The maximum atomic E-state index is 12.1. The van der Waals surface area contributed by atoms with Crippen LogP contribution in [0, 0.1) is 11.3 Å². The van der Waals surface area contributed by atoms with Gasteiger partial charge in [-0.1, -0.05) is 6.07 Å². The number of hydrogen-bond donors (Lipinski definition) is 0. The second-order valence-electron chi connectivity index (χ2n) is 4.45. The van der Waals surface area contributed by atoms with Crippen molar-refractivity contribution in [3.63, 3.8) is 0 Å². The molecule has 104 valence electrons. The van der Waals surface area contributed by atoms with Gasteiger partial charge < -0.3 is 9.30 Å². The van der Waals surface area contributed by atoms with Gasteiger partial charge in [0.1, 0.15) is 17.9 Å². The van der Waals surface area contributed by atoms with Crippen molar-refractivity contribution in [1.29, 1.82) is 5.26 Å². The van der Waals surface area contributed by atoms with Gasteiger partial charge in [0.05, 0.1) is 24.4 Å². The fraction of sp³-hybridized carbons (Fsp3) is 0.133. The fourth-order valence-corrected chi connectivity index (χ4v) is 2.05. The third-order valence-electron chi connectivity index (χ3n) is 3.10. The lowest BCUT2D eigenvalue weighted by Gasteiger charge is -2.08. The second-order valence-corrected chi connectivity index (χ2v) is 4.45. The van der Waals surface area contributed by atoms with Crippen molar-refractivity contribution in [3.8, 4) is 11.8 Å². The van der Waals surface area contributed by atoms with E-state index < -0.39 is 0 Å². The van der Waals surface area contributed by atoms with Gasteiger partial charge in [-0.25, -0.2) is 4.52 Å². The monoisotopic (exact) mass is 280 g/mol. The molecule has 21 heavy (non-hydrogen) atoms. The van der Waals surface area contributed by atoms with Crippen LogP contribution in [0.25, 0.3) is 5.52 Å². The van der Waals surface area contributed by atoms with Gasteiger partial charge in [-0.3, -0.25) is 4.79 Å². The smallest absolute Gasteiger partial charge is 0.276 e. The van der Waals surface area contributed by atoms with Crippen molar-refractivity contribution in [3.05, 3.63) is 64.8 Å². The molecule has 0 fully saturated rings. The molecule has 0 saturated carbocycles. The first-order valence-electron chi connectivity index (χ1n) is 6.44. The molecule has 6 nitrogen and oxygen atoms in total. The van der Waals surface area contributed by atoms with E-state index in [0.717, 1.165) is 0 Å². The average Bonchev–Trinajstić information content (AvgIpc) is 2.99. The first-order valence-corrected chi connectivity index (χ1v) is 6.44.